The van der Waals surface area contributed by atoms with E-state index in [9.17, 15) is 0 Å². The van der Waals surface area contributed by atoms with E-state index < -0.39 is 0 Å². The van der Waals surface area contributed by atoms with Crippen molar-refractivity contribution in [2.75, 3.05) is 26.7 Å². The van der Waals surface area contributed by atoms with Crippen molar-refractivity contribution >= 4 is 0 Å². The summed E-state index contributed by atoms with van der Waals surface area (Å²) in [6.07, 6.45) is 13.0. The molecular formula is C28H34N4O2. The smallest absolute Gasteiger partial charge is 0.165 e. The molecule has 3 saturated heterocycles. The summed E-state index contributed by atoms with van der Waals surface area (Å²) in [5, 5.41) is 0. The van der Waals surface area contributed by atoms with Crippen molar-refractivity contribution in [3.8, 4) is 11.5 Å². The largest absolute Gasteiger partial charge is 0.493 e. The summed E-state index contributed by atoms with van der Waals surface area (Å²) in [7, 11) is 1.79. The lowest BCUT2D eigenvalue weighted by atomic mass is 9.42. The normalized spacial score (nSPS) is 37.7. The Labute approximate surface area is 201 Å². The number of fused-ring (bicyclic) bond motifs is 3. The molecular weight excluding hydrogens is 424 g/mol. The fourth-order valence-corrected chi connectivity index (χ4v) is 9.01. The summed E-state index contributed by atoms with van der Waals surface area (Å²) in [5.41, 5.74) is 3.46. The van der Waals surface area contributed by atoms with Crippen LogP contribution in [-0.2, 0) is 18.4 Å². The van der Waals surface area contributed by atoms with Crippen LogP contribution in [-0.4, -0.2) is 64.7 Å². The second-order valence-corrected chi connectivity index (χ2v) is 11.7. The predicted octanol–water partition coefficient (Wildman–Crippen LogP) is 3.58. The second-order valence-electron chi connectivity index (χ2n) is 11.7. The third-order valence-electron chi connectivity index (χ3n) is 10.5. The molecule has 2 aromatic rings. The number of hydrogen-bond donors (Lipinski definition) is 0. The van der Waals surface area contributed by atoms with Crippen LogP contribution < -0.4 is 9.47 Å². The van der Waals surface area contributed by atoms with Crippen LogP contribution in [0, 0.1) is 11.3 Å². The first-order chi connectivity index (χ1) is 16.7. The molecule has 4 aliphatic heterocycles. The molecule has 0 radical (unpaired) electrons. The van der Waals surface area contributed by atoms with E-state index in [1.54, 1.807) is 7.11 Å². The van der Waals surface area contributed by atoms with Gasteiger partial charge in [0.2, 0.25) is 0 Å². The average molecular weight is 459 g/mol. The molecule has 34 heavy (non-hydrogen) atoms. The molecule has 1 aromatic heterocycles. The monoisotopic (exact) mass is 458 g/mol. The van der Waals surface area contributed by atoms with Gasteiger partial charge in [-0.2, -0.15) is 0 Å². The molecule has 2 spiro atoms. The number of methoxy groups -OCH3 is 1. The summed E-state index contributed by atoms with van der Waals surface area (Å²) in [5.74, 6) is 3.85. The lowest BCUT2D eigenvalue weighted by molar-refractivity contribution is -0.131. The summed E-state index contributed by atoms with van der Waals surface area (Å²) < 4.78 is 12.9. The minimum Gasteiger partial charge on any atom is -0.493 e. The van der Waals surface area contributed by atoms with Crippen LogP contribution in [0.2, 0.25) is 0 Å². The zero-order chi connectivity index (χ0) is 22.5. The topological polar surface area (TPSA) is 50.7 Å². The SMILES string of the molecule is COc1ccc2c3c1O[C@H]1[C@H]4CC[C@@]5(CCN4Cc4ncccn4)[C@@H](C2)N(CC2CC2)CC[C@]315. The van der Waals surface area contributed by atoms with Crippen LogP contribution >= 0.6 is 0 Å². The van der Waals surface area contributed by atoms with Gasteiger partial charge in [0.1, 0.15) is 11.9 Å². The van der Waals surface area contributed by atoms with Crippen molar-refractivity contribution in [3.63, 3.8) is 0 Å². The Morgan fingerprint density at radius 1 is 1.06 bits per heavy atom. The Bertz CT molecular complexity index is 1140. The lowest BCUT2D eigenvalue weighted by Gasteiger charge is -2.66. The molecule has 5 atom stereocenters. The number of benzene rings is 1. The van der Waals surface area contributed by atoms with E-state index in [0.717, 1.165) is 36.3 Å². The van der Waals surface area contributed by atoms with E-state index >= 15 is 0 Å². The van der Waals surface area contributed by atoms with Gasteiger partial charge in [-0.1, -0.05) is 6.07 Å². The highest BCUT2D eigenvalue weighted by Gasteiger charge is 2.74. The van der Waals surface area contributed by atoms with Crippen LogP contribution in [0.15, 0.2) is 30.6 Å². The molecule has 3 aliphatic carbocycles. The minimum atomic E-state index is 0.115. The van der Waals surface area contributed by atoms with Crippen molar-refractivity contribution in [1.29, 1.82) is 0 Å². The highest BCUT2D eigenvalue weighted by Crippen LogP contribution is 2.71. The van der Waals surface area contributed by atoms with Crippen molar-refractivity contribution in [3.05, 3.63) is 47.5 Å². The van der Waals surface area contributed by atoms with Crippen LogP contribution in [0.4, 0.5) is 0 Å². The first-order valence-electron chi connectivity index (χ1n) is 13.3. The van der Waals surface area contributed by atoms with Gasteiger partial charge in [0, 0.05) is 47.4 Å². The molecule has 9 rings (SSSR count). The molecule has 0 amide bonds. The molecule has 5 fully saturated rings. The van der Waals surface area contributed by atoms with Crippen LogP contribution in [0.1, 0.15) is 55.5 Å². The average Bonchev–Trinajstić information content (AvgIpc) is 3.65. The first kappa shape index (κ1) is 20.1. The molecule has 0 N–H and O–H groups in total. The lowest BCUT2D eigenvalue weighted by Crippen LogP contribution is -2.72. The zero-order valence-electron chi connectivity index (χ0n) is 20.1. The van der Waals surface area contributed by atoms with Crippen molar-refractivity contribution in [1.82, 2.24) is 19.8 Å². The van der Waals surface area contributed by atoms with Gasteiger partial charge < -0.3 is 9.47 Å². The molecule has 7 aliphatic rings. The molecule has 2 saturated carbocycles. The predicted molar refractivity (Wildman–Crippen MR) is 128 cm³/mol. The number of aromatic nitrogens is 2. The van der Waals surface area contributed by atoms with Gasteiger partial charge in [-0.25, -0.2) is 9.97 Å². The Balaban J connectivity index is 1.28. The molecule has 6 heteroatoms. The maximum absolute atomic E-state index is 7.08. The summed E-state index contributed by atoms with van der Waals surface area (Å²) in [6.45, 7) is 4.45. The number of ether oxygens (including phenoxy) is 2. The molecule has 6 nitrogen and oxygen atoms in total. The third kappa shape index (κ3) is 2.44. The summed E-state index contributed by atoms with van der Waals surface area (Å²) in [6, 6.07) is 7.46. The standard InChI is InChI=1S/C28H34N4O2/c1-33-21-6-5-19-15-22-27-8-7-20(31(13-9-27)17-23-29-11-2-12-30-23)26-28(27,24(19)25(21)34-26)10-14-32(22)16-18-3-4-18/h2,5-6,11-12,18,20,22,26H,3-4,7-10,13-17H2,1H3/t20-,22-,26+,27-,28+/m1/s1. The molecule has 5 heterocycles. The molecule has 1 aromatic carbocycles. The van der Waals surface area contributed by atoms with E-state index in [0.29, 0.717) is 12.1 Å². The molecule has 4 bridgehead atoms. The van der Waals surface area contributed by atoms with Gasteiger partial charge in [0.25, 0.3) is 0 Å². The van der Waals surface area contributed by atoms with Crippen molar-refractivity contribution in [2.24, 2.45) is 11.3 Å². The Hall–Kier alpha value is -2.18. The fraction of sp³-hybridized carbons (Fsp3) is 0.643. The zero-order valence-corrected chi connectivity index (χ0v) is 20.1. The quantitative estimate of drug-likeness (QED) is 0.683. The van der Waals surface area contributed by atoms with E-state index in [2.05, 4.69) is 31.9 Å². The minimum absolute atomic E-state index is 0.115. The molecule has 178 valence electrons. The van der Waals surface area contributed by atoms with Gasteiger partial charge in [-0.15, -0.1) is 0 Å². The van der Waals surface area contributed by atoms with Gasteiger partial charge in [-0.05, 0) is 81.6 Å². The van der Waals surface area contributed by atoms with E-state index in [1.165, 1.54) is 69.2 Å². The van der Waals surface area contributed by atoms with Gasteiger partial charge in [-0.3, -0.25) is 9.80 Å². The van der Waals surface area contributed by atoms with Gasteiger partial charge in [0.15, 0.2) is 11.5 Å². The highest BCUT2D eigenvalue weighted by molar-refractivity contribution is 5.62. The third-order valence-corrected chi connectivity index (χ3v) is 10.5. The Morgan fingerprint density at radius 2 is 1.91 bits per heavy atom. The fourth-order valence-electron chi connectivity index (χ4n) is 9.01. The van der Waals surface area contributed by atoms with E-state index in [4.69, 9.17) is 9.47 Å². The summed E-state index contributed by atoms with van der Waals surface area (Å²) in [4.78, 5) is 14.7. The van der Waals surface area contributed by atoms with Crippen LogP contribution in [0.3, 0.4) is 0 Å². The summed E-state index contributed by atoms with van der Waals surface area (Å²) >= 11 is 0. The first-order valence-corrected chi connectivity index (χ1v) is 13.3. The van der Waals surface area contributed by atoms with E-state index in [1.807, 2.05) is 18.5 Å². The number of rotatable bonds is 5. The number of hydrogen-bond acceptors (Lipinski definition) is 6. The van der Waals surface area contributed by atoms with Crippen LogP contribution in [0.25, 0.3) is 0 Å². The van der Waals surface area contributed by atoms with Crippen molar-refractivity contribution < 1.29 is 9.47 Å². The van der Waals surface area contributed by atoms with Gasteiger partial charge >= 0.3 is 0 Å². The maximum Gasteiger partial charge on any atom is 0.165 e. The van der Waals surface area contributed by atoms with Gasteiger partial charge in [0.05, 0.1) is 13.7 Å². The second kappa shape index (κ2) is 6.94. The molecule has 0 unspecified atom stereocenters. The number of piperidine rings is 1. The number of nitrogens with zero attached hydrogens (tertiary/aromatic N) is 4. The number of likely N-dealkylation sites (tertiary alicyclic amines) is 1. The maximum atomic E-state index is 7.08. The highest BCUT2D eigenvalue weighted by atomic mass is 16.5. The Kier molecular flexibility index (Phi) is 4.10. The Morgan fingerprint density at radius 3 is 2.74 bits per heavy atom. The van der Waals surface area contributed by atoms with E-state index in [-0.39, 0.29) is 16.9 Å². The van der Waals surface area contributed by atoms with Crippen LogP contribution in [0.5, 0.6) is 11.5 Å². The van der Waals surface area contributed by atoms with Crippen molar-refractivity contribution in [2.45, 2.75) is 75.1 Å².